The van der Waals surface area contributed by atoms with E-state index in [1.54, 1.807) is 9.36 Å². The number of aromatic nitrogens is 6. The van der Waals surface area contributed by atoms with Crippen LogP contribution in [0, 0.1) is 27.7 Å². The lowest BCUT2D eigenvalue weighted by Crippen LogP contribution is -2.20. The normalized spacial score (nSPS) is 11.8. The zero-order chi connectivity index (χ0) is 21.0. The highest BCUT2D eigenvalue weighted by Gasteiger charge is 2.20. The molecule has 4 rings (SSSR count). The molecule has 0 atom stereocenters. The molecule has 2 N–H and O–H groups in total. The lowest BCUT2D eigenvalue weighted by Gasteiger charge is -2.10. The maximum Gasteiger partial charge on any atom is 0.196 e. The fourth-order valence-corrected chi connectivity index (χ4v) is 4.17. The van der Waals surface area contributed by atoms with Gasteiger partial charge in [-0.25, -0.2) is 9.36 Å². The van der Waals surface area contributed by atoms with Crippen molar-refractivity contribution >= 4 is 22.1 Å². The van der Waals surface area contributed by atoms with Crippen LogP contribution in [-0.4, -0.2) is 29.5 Å². The van der Waals surface area contributed by atoms with E-state index in [0.717, 1.165) is 22.7 Å². The molecule has 0 aromatic carbocycles. The zero-order valence-electron chi connectivity index (χ0n) is 17.7. The highest BCUT2D eigenvalue weighted by molar-refractivity contribution is 5.80. The lowest BCUT2D eigenvalue weighted by molar-refractivity contribution is 0.668. The molecule has 0 bridgehead atoms. The summed E-state index contributed by atoms with van der Waals surface area (Å²) >= 11 is 0. The van der Waals surface area contributed by atoms with Crippen LogP contribution in [0.1, 0.15) is 47.8 Å². The molecule has 0 fully saturated rings. The van der Waals surface area contributed by atoms with Crippen LogP contribution in [0.4, 0.5) is 0 Å². The van der Waals surface area contributed by atoms with Crippen LogP contribution in [0.3, 0.4) is 0 Å². The first-order chi connectivity index (χ1) is 13.8. The minimum atomic E-state index is -0.0617. The third-order valence-corrected chi connectivity index (χ3v) is 5.73. The Kier molecular flexibility index (Phi) is 4.44. The van der Waals surface area contributed by atoms with Crippen molar-refractivity contribution < 1.29 is 0 Å². The molecule has 8 heteroatoms. The van der Waals surface area contributed by atoms with E-state index in [1.807, 2.05) is 41.5 Å². The predicted octanol–water partition coefficient (Wildman–Crippen LogP) is 2.63. The second-order valence-corrected chi connectivity index (χ2v) is 7.54. The summed E-state index contributed by atoms with van der Waals surface area (Å²) in [6.07, 6.45) is 0.266. The van der Waals surface area contributed by atoms with Crippen molar-refractivity contribution in [2.45, 2.75) is 61.1 Å². The van der Waals surface area contributed by atoms with Crippen molar-refractivity contribution in [3.8, 4) is 0 Å². The maximum atomic E-state index is 13.3. The number of rotatable bonds is 4. The number of pyridine rings is 2. The first kappa shape index (κ1) is 19.2. The standard InChI is InChI=1S/C21H26N6O2/c1-7-26-20-16(12(5)24-26)18(28)14(10(3)22-20)9-15-11(4)23-21-17(19(15)29)13(6)25-27(21)8-2/h7-9H2,1-6H3,(H,22,28)(H,23,29). The Labute approximate surface area is 167 Å². The Morgan fingerprint density at radius 2 is 1.10 bits per heavy atom. The molecule has 0 saturated heterocycles. The van der Waals surface area contributed by atoms with Gasteiger partial charge in [0, 0.05) is 42.0 Å². The fraction of sp³-hybridized carbons (Fsp3) is 0.429. The van der Waals surface area contributed by atoms with Gasteiger partial charge in [0.1, 0.15) is 11.3 Å². The van der Waals surface area contributed by atoms with Gasteiger partial charge in [0.05, 0.1) is 22.2 Å². The van der Waals surface area contributed by atoms with E-state index in [4.69, 9.17) is 0 Å². The molecule has 4 heterocycles. The van der Waals surface area contributed by atoms with E-state index in [-0.39, 0.29) is 17.3 Å². The summed E-state index contributed by atoms with van der Waals surface area (Å²) in [7, 11) is 0. The van der Waals surface area contributed by atoms with E-state index in [0.29, 0.717) is 46.4 Å². The highest BCUT2D eigenvalue weighted by Crippen LogP contribution is 2.20. The van der Waals surface area contributed by atoms with Crippen molar-refractivity contribution in [2.75, 3.05) is 0 Å². The lowest BCUT2D eigenvalue weighted by atomic mass is 9.99. The molecule has 152 valence electrons. The quantitative estimate of drug-likeness (QED) is 0.555. The second-order valence-electron chi connectivity index (χ2n) is 7.54. The first-order valence-electron chi connectivity index (χ1n) is 9.96. The van der Waals surface area contributed by atoms with Crippen molar-refractivity contribution in [3.63, 3.8) is 0 Å². The SMILES string of the molecule is CCn1nc(C)c2c(=O)c(Cc3c(C)[nH]c4c(c(C)nn4CC)c3=O)c(C)[nH]c21. The molecule has 0 aliphatic carbocycles. The summed E-state index contributed by atoms with van der Waals surface area (Å²) in [5, 5.41) is 10.1. The highest BCUT2D eigenvalue weighted by atomic mass is 16.1. The van der Waals surface area contributed by atoms with Gasteiger partial charge in [-0.15, -0.1) is 0 Å². The molecule has 4 aromatic rings. The predicted molar refractivity (Wildman–Crippen MR) is 114 cm³/mol. The number of fused-ring (bicyclic) bond motifs is 2. The molecule has 0 radical (unpaired) electrons. The van der Waals surface area contributed by atoms with Gasteiger partial charge in [-0.3, -0.25) is 9.59 Å². The van der Waals surface area contributed by atoms with E-state index in [1.165, 1.54) is 0 Å². The van der Waals surface area contributed by atoms with Crippen molar-refractivity contribution in [1.82, 2.24) is 29.5 Å². The van der Waals surface area contributed by atoms with E-state index >= 15 is 0 Å². The molecule has 29 heavy (non-hydrogen) atoms. The summed E-state index contributed by atoms with van der Waals surface area (Å²) in [6.45, 7) is 12.8. The number of hydrogen-bond donors (Lipinski definition) is 2. The minimum Gasteiger partial charge on any atom is -0.343 e. The second kappa shape index (κ2) is 6.72. The molecular weight excluding hydrogens is 368 g/mol. The van der Waals surface area contributed by atoms with Crippen LogP contribution in [0.15, 0.2) is 9.59 Å². The molecule has 4 aromatic heterocycles. The van der Waals surface area contributed by atoms with Gasteiger partial charge in [-0.05, 0) is 41.5 Å². The zero-order valence-corrected chi connectivity index (χ0v) is 17.7. The molecule has 0 amide bonds. The third kappa shape index (κ3) is 2.73. The molecule has 0 aliphatic heterocycles. The van der Waals surface area contributed by atoms with Gasteiger partial charge in [-0.1, -0.05) is 0 Å². The molecule has 0 unspecified atom stereocenters. The Bertz CT molecular complexity index is 1280. The Morgan fingerprint density at radius 3 is 1.45 bits per heavy atom. The Balaban J connectivity index is 1.95. The molecule has 0 saturated carbocycles. The first-order valence-corrected chi connectivity index (χ1v) is 9.96. The average Bonchev–Trinajstić information content (AvgIpc) is 3.16. The summed E-state index contributed by atoms with van der Waals surface area (Å²) in [6, 6.07) is 0. The van der Waals surface area contributed by atoms with Crippen molar-refractivity contribution in [3.05, 3.63) is 54.3 Å². The van der Waals surface area contributed by atoms with Gasteiger partial charge in [0.15, 0.2) is 10.9 Å². The number of nitrogens with zero attached hydrogens (tertiary/aromatic N) is 4. The summed E-state index contributed by atoms with van der Waals surface area (Å²) in [4.78, 5) is 33.3. The van der Waals surface area contributed by atoms with Gasteiger partial charge in [0.25, 0.3) is 0 Å². The van der Waals surface area contributed by atoms with Crippen LogP contribution in [0.25, 0.3) is 22.1 Å². The van der Waals surface area contributed by atoms with Crippen LogP contribution in [0.2, 0.25) is 0 Å². The van der Waals surface area contributed by atoms with Gasteiger partial charge in [0.2, 0.25) is 0 Å². The smallest absolute Gasteiger partial charge is 0.196 e. The molecular formula is C21H26N6O2. The summed E-state index contributed by atoms with van der Waals surface area (Å²) in [5.74, 6) is 0. The molecule has 0 spiro atoms. The van der Waals surface area contributed by atoms with Crippen LogP contribution < -0.4 is 10.9 Å². The monoisotopic (exact) mass is 394 g/mol. The number of H-pyrrole nitrogens is 2. The fourth-order valence-electron chi connectivity index (χ4n) is 4.17. The molecule has 8 nitrogen and oxygen atoms in total. The topological polar surface area (TPSA) is 101 Å². The summed E-state index contributed by atoms with van der Waals surface area (Å²) < 4.78 is 3.60. The van der Waals surface area contributed by atoms with E-state index < -0.39 is 0 Å². The largest absolute Gasteiger partial charge is 0.343 e. The van der Waals surface area contributed by atoms with E-state index in [2.05, 4.69) is 20.2 Å². The van der Waals surface area contributed by atoms with Crippen LogP contribution in [-0.2, 0) is 19.5 Å². The van der Waals surface area contributed by atoms with Crippen molar-refractivity contribution in [1.29, 1.82) is 0 Å². The molecule has 0 aliphatic rings. The van der Waals surface area contributed by atoms with Crippen LogP contribution in [0.5, 0.6) is 0 Å². The number of aromatic amines is 2. The summed E-state index contributed by atoms with van der Waals surface area (Å²) in [5.41, 5.74) is 5.47. The third-order valence-electron chi connectivity index (χ3n) is 5.73. The van der Waals surface area contributed by atoms with Gasteiger partial charge >= 0.3 is 0 Å². The van der Waals surface area contributed by atoms with Crippen LogP contribution >= 0.6 is 0 Å². The minimum absolute atomic E-state index is 0.0617. The number of hydrogen-bond acceptors (Lipinski definition) is 4. The van der Waals surface area contributed by atoms with Gasteiger partial charge < -0.3 is 9.97 Å². The van der Waals surface area contributed by atoms with Crippen molar-refractivity contribution in [2.24, 2.45) is 0 Å². The average molecular weight is 394 g/mol. The number of nitrogens with one attached hydrogen (secondary N) is 2. The van der Waals surface area contributed by atoms with E-state index in [9.17, 15) is 9.59 Å². The number of aryl methyl sites for hydroxylation is 6. The Morgan fingerprint density at radius 1 is 0.724 bits per heavy atom. The van der Waals surface area contributed by atoms with Gasteiger partial charge in [-0.2, -0.15) is 10.2 Å². The Hall–Kier alpha value is -3.16. The maximum absolute atomic E-state index is 13.3.